The molecule has 1 amide bonds. The zero-order valence-corrected chi connectivity index (χ0v) is 20.5. The fourth-order valence-corrected chi connectivity index (χ4v) is 5.88. The van der Waals surface area contributed by atoms with E-state index in [1.807, 2.05) is 54.9 Å². The molecule has 1 N–H and O–H groups in total. The molecule has 1 aliphatic carbocycles. The summed E-state index contributed by atoms with van der Waals surface area (Å²) in [5.74, 6) is -0.582. The van der Waals surface area contributed by atoms with Gasteiger partial charge in [-0.25, -0.2) is 14.8 Å². The number of carbonyl (C=O) groups excluding carboxylic acids is 2. The number of thiazole rings is 1. The third-order valence-electron chi connectivity index (χ3n) is 6.05. The number of benzene rings is 1. The summed E-state index contributed by atoms with van der Waals surface area (Å²) in [6, 6.07) is 13.7. The van der Waals surface area contributed by atoms with Gasteiger partial charge in [0.1, 0.15) is 14.7 Å². The van der Waals surface area contributed by atoms with Crippen LogP contribution in [0.1, 0.15) is 38.8 Å². The summed E-state index contributed by atoms with van der Waals surface area (Å²) in [4.78, 5) is 38.2. The number of thiophene rings is 1. The summed E-state index contributed by atoms with van der Waals surface area (Å²) in [7, 11) is 3.36. The number of esters is 1. The second-order valence-electron chi connectivity index (χ2n) is 8.45. The van der Waals surface area contributed by atoms with Crippen LogP contribution in [0.2, 0.25) is 0 Å². The highest BCUT2D eigenvalue weighted by Crippen LogP contribution is 2.49. The van der Waals surface area contributed by atoms with E-state index >= 15 is 0 Å². The van der Waals surface area contributed by atoms with Gasteiger partial charge in [-0.15, -0.1) is 22.7 Å². The average molecular weight is 493 g/mol. The number of rotatable bonds is 8. The van der Waals surface area contributed by atoms with Crippen LogP contribution in [0, 0.1) is 0 Å². The van der Waals surface area contributed by atoms with Crippen LogP contribution >= 0.6 is 22.7 Å². The summed E-state index contributed by atoms with van der Waals surface area (Å²) in [6.45, 7) is 1.37. The Morgan fingerprint density at radius 2 is 1.94 bits per heavy atom. The minimum absolute atomic E-state index is 0.101. The second-order valence-corrected chi connectivity index (χ2v) is 10.4. The second kappa shape index (κ2) is 9.25. The van der Waals surface area contributed by atoms with Gasteiger partial charge in [-0.3, -0.25) is 9.69 Å². The van der Waals surface area contributed by atoms with E-state index < -0.39 is 11.4 Å². The number of hydrogen-bond donors (Lipinski definition) is 1. The maximum atomic E-state index is 13.4. The third-order valence-corrected chi connectivity index (χ3v) is 7.90. The number of carbonyl (C=O) groups is 2. The molecule has 0 bridgehead atoms. The van der Waals surface area contributed by atoms with Crippen molar-refractivity contribution in [2.45, 2.75) is 31.3 Å². The number of nitrogens with one attached hydrogen (secondary N) is 1. The number of pyridine rings is 1. The molecule has 174 valence electrons. The van der Waals surface area contributed by atoms with E-state index in [1.165, 1.54) is 18.4 Å². The Morgan fingerprint density at radius 3 is 2.62 bits per heavy atom. The van der Waals surface area contributed by atoms with Crippen molar-refractivity contribution < 1.29 is 14.3 Å². The molecule has 0 unspecified atom stereocenters. The Bertz CT molecular complexity index is 1330. The molecule has 7 nitrogen and oxygen atoms in total. The first-order valence-corrected chi connectivity index (χ1v) is 12.6. The van der Waals surface area contributed by atoms with Crippen LogP contribution in [0.3, 0.4) is 0 Å². The lowest BCUT2D eigenvalue weighted by molar-refractivity contribution is -0.118. The smallest absolute Gasteiger partial charge is 0.350 e. The minimum Gasteiger partial charge on any atom is -0.465 e. The molecule has 0 aliphatic heterocycles. The van der Waals surface area contributed by atoms with Crippen LogP contribution in [0.25, 0.3) is 10.2 Å². The van der Waals surface area contributed by atoms with Crippen molar-refractivity contribution in [3.8, 4) is 0 Å². The van der Waals surface area contributed by atoms with Gasteiger partial charge in [-0.05, 0) is 37.6 Å². The topological polar surface area (TPSA) is 84.4 Å². The molecule has 0 atom stereocenters. The van der Waals surface area contributed by atoms with E-state index in [4.69, 9.17) is 9.72 Å². The number of aromatic nitrogens is 2. The van der Waals surface area contributed by atoms with E-state index in [-0.39, 0.29) is 5.91 Å². The number of nitrogens with zero attached hydrogens (tertiary/aromatic N) is 3. The Morgan fingerprint density at radius 1 is 1.15 bits per heavy atom. The summed E-state index contributed by atoms with van der Waals surface area (Å²) < 4.78 is 5.01. The van der Waals surface area contributed by atoms with Crippen molar-refractivity contribution >= 4 is 50.5 Å². The average Bonchev–Trinajstić information content (AvgIpc) is 3.38. The van der Waals surface area contributed by atoms with Crippen molar-refractivity contribution in [3.05, 3.63) is 75.2 Å². The fourth-order valence-electron chi connectivity index (χ4n) is 4.12. The molecule has 9 heteroatoms. The van der Waals surface area contributed by atoms with Crippen LogP contribution in [-0.2, 0) is 28.0 Å². The zero-order chi connectivity index (χ0) is 23.7. The third kappa shape index (κ3) is 4.34. The molecule has 0 spiro atoms. The summed E-state index contributed by atoms with van der Waals surface area (Å²) in [5.41, 5.74) is 1.81. The van der Waals surface area contributed by atoms with Crippen LogP contribution in [0.5, 0.6) is 0 Å². The standard InChI is InChI=1S/C25H24N4O3S2/c1-29(15-19-26-12-13-33-19)14-17-8-9-18-20(21(23(30)32-2)34-22(18)27-17)28-24(31)25(10-11-25)16-6-4-3-5-7-16/h3-9,12-13H,10-11,14-15H2,1-2H3,(H,28,31). The predicted octanol–water partition coefficient (Wildman–Crippen LogP) is 4.84. The van der Waals surface area contributed by atoms with Gasteiger partial charge in [-0.1, -0.05) is 30.3 Å². The van der Waals surface area contributed by atoms with Gasteiger partial charge in [0.05, 0.1) is 30.5 Å². The van der Waals surface area contributed by atoms with Crippen LogP contribution < -0.4 is 5.32 Å². The maximum absolute atomic E-state index is 13.4. The SMILES string of the molecule is COC(=O)c1sc2nc(CN(C)Cc3nccs3)ccc2c1NC(=O)C1(c2ccccc2)CC1. The van der Waals surface area contributed by atoms with Gasteiger partial charge in [0.2, 0.25) is 5.91 Å². The van der Waals surface area contributed by atoms with Crippen molar-refractivity contribution in [1.29, 1.82) is 0 Å². The quantitative estimate of drug-likeness (QED) is 0.354. The number of hydrogen-bond acceptors (Lipinski definition) is 8. The highest BCUT2D eigenvalue weighted by Gasteiger charge is 2.51. The Kier molecular flexibility index (Phi) is 6.16. The van der Waals surface area contributed by atoms with E-state index in [0.717, 1.165) is 41.0 Å². The number of anilines is 1. The van der Waals surface area contributed by atoms with Crippen LogP contribution in [0.15, 0.2) is 54.0 Å². The first-order valence-electron chi connectivity index (χ1n) is 10.9. The molecule has 1 aliphatic rings. The Labute approximate surface area is 205 Å². The number of ether oxygens (including phenoxy) is 1. The van der Waals surface area contributed by atoms with Crippen molar-refractivity contribution in [2.75, 3.05) is 19.5 Å². The minimum atomic E-state index is -0.547. The van der Waals surface area contributed by atoms with Crippen LogP contribution in [0.4, 0.5) is 5.69 Å². The predicted molar refractivity (Wildman–Crippen MR) is 134 cm³/mol. The molecule has 3 aromatic heterocycles. The van der Waals surface area contributed by atoms with Crippen molar-refractivity contribution in [2.24, 2.45) is 0 Å². The largest absolute Gasteiger partial charge is 0.465 e. The molecule has 0 radical (unpaired) electrons. The fraction of sp³-hybridized carbons (Fsp3) is 0.280. The normalized spacial score (nSPS) is 14.3. The van der Waals surface area contributed by atoms with Crippen LogP contribution in [-0.4, -0.2) is 40.9 Å². The molecule has 3 heterocycles. The molecule has 34 heavy (non-hydrogen) atoms. The van der Waals surface area contributed by atoms with Gasteiger partial charge in [-0.2, -0.15) is 0 Å². The summed E-state index contributed by atoms with van der Waals surface area (Å²) in [5, 5.41) is 6.81. The van der Waals surface area contributed by atoms with Gasteiger partial charge >= 0.3 is 5.97 Å². The molecular weight excluding hydrogens is 468 g/mol. The van der Waals surface area contributed by atoms with Crippen molar-refractivity contribution in [1.82, 2.24) is 14.9 Å². The van der Waals surface area contributed by atoms with Gasteiger partial charge < -0.3 is 10.1 Å². The molecule has 1 aromatic carbocycles. The number of fused-ring (bicyclic) bond motifs is 1. The van der Waals surface area contributed by atoms with E-state index in [0.29, 0.717) is 21.9 Å². The van der Waals surface area contributed by atoms with E-state index in [1.54, 1.807) is 17.5 Å². The van der Waals surface area contributed by atoms with Crippen molar-refractivity contribution in [3.63, 3.8) is 0 Å². The van der Waals surface area contributed by atoms with E-state index in [2.05, 4.69) is 15.2 Å². The first kappa shape index (κ1) is 22.6. The lowest BCUT2D eigenvalue weighted by Gasteiger charge is -2.16. The Hall–Kier alpha value is -3.14. The lowest BCUT2D eigenvalue weighted by Crippen LogP contribution is -2.28. The highest BCUT2D eigenvalue weighted by atomic mass is 32.1. The molecular formula is C25H24N4O3S2. The monoisotopic (exact) mass is 492 g/mol. The molecule has 4 aromatic rings. The molecule has 1 saturated carbocycles. The van der Waals surface area contributed by atoms with Gasteiger partial charge in [0.15, 0.2) is 0 Å². The highest BCUT2D eigenvalue weighted by molar-refractivity contribution is 7.21. The van der Waals surface area contributed by atoms with Gasteiger partial charge in [0, 0.05) is 23.5 Å². The molecule has 5 rings (SSSR count). The molecule has 0 saturated heterocycles. The number of amides is 1. The van der Waals surface area contributed by atoms with E-state index in [9.17, 15) is 9.59 Å². The summed E-state index contributed by atoms with van der Waals surface area (Å²) in [6.07, 6.45) is 3.37. The zero-order valence-electron chi connectivity index (χ0n) is 18.9. The summed E-state index contributed by atoms with van der Waals surface area (Å²) >= 11 is 2.87. The van der Waals surface area contributed by atoms with Gasteiger partial charge in [0.25, 0.3) is 0 Å². The number of methoxy groups -OCH3 is 1. The first-order chi connectivity index (χ1) is 16.5. The maximum Gasteiger partial charge on any atom is 0.350 e. The Balaban J connectivity index is 1.42. The molecule has 1 fully saturated rings. The lowest BCUT2D eigenvalue weighted by atomic mass is 9.95.